The molecule has 3 saturated carbocycles. The van der Waals surface area contributed by atoms with Crippen LogP contribution in [0.25, 0.3) is 0 Å². The summed E-state index contributed by atoms with van der Waals surface area (Å²) in [5.74, 6) is -0.453. The van der Waals surface area contributed by atoms with Crippen LogP contribution in [-0.4, -0.2) is 214 Å². The molecule has 0 amide bonds. The predicted octanol–water partition coefficient (Wildman–Crippen LogP) is 0.629. The van der Waals surface area contributed by atoms with Gasteiger partial charge in [-0.15, -0.1) is 0 Å². The van der Waals surface area contributed by atoms with Crippen molar-refractivity contribution in [2.24, 2.45) is 28.6 Å². The van der Waals surface area contributed by atoms with Crippen molar-refractivity contribution in [1.82, 2.24) is 0 Å². The Kier molecular flexibility index (Phi) is 18.0. The average molecular weight is 1050 g/mol. The van der Waals surface area contributed by atoms with Gasteiger partial charge in [-0.25, -0.2) is 4.79 Å². The molecule has 4 aliphatic carbocycles. The fraction of sp³-hybridized carbons (Fsp3) is 0.904. The maximum atomic E-state index is 13.0. The Morgan fingerprint density at radius 2 is 1.44 bits per heavy atom. The SMILES string of the molecule is C/C=C(\C)C(=O)OC1C(C)OC(OC2C(C)OC(OC3CCC4(C)C(=CCC5C4CCC4(C)C(C(C)OC6OC(COC7OC(CO)C(O)C(O)C7O)C(O)C(O)C6O)CCC54O)C3)CC2OC)C(O)C1OC. The average Bonchev–Trinajstić information content (AvgIpc) is 3.65. The molecule has 7 fully saturated rings. The molecule has 4 saturated heterocycles. The monoisotopic (exact) mass is 1040 g/mol. The van der Waals surface area contributed by atoms with Gasteiger partial charge in [0, 0.05) is 31.6 Å². The van der Waals surface area contributed by atoms with Crippen LogP contribution in [0.5, 0.6) is 0 Å². The number of hydrogen-bond donors (Lipinski definition) is 9. The van der Waals surface area contributed by atoms with E-state index in [4.69, 9.17) is 52.1 Å². The molecule has 418 valence electrons. The highest BCUT2D eigenvalue weighted by Gasteiger charge is 2.67. The van der Waals surface area contributed by atoms with Crippen LogP contribution in [0, 0.1) is 28.6 Å². The quantitative estimate of drug-likeness (QED) is 0.0617. The Hall–Kier alpha value is -1.81. The first-order valence-electron chi connectivity index (χ1n) is 26.4. The largest absolute Gasteiger partial charge is 0.453 e. The van der Waals surface area contributed by atoms with E-state index >= 15 is 0 Å². The first kappa shape index (κ1) is 57.4. The Bertz CT molecular complexity index is 1940. The molecule has 0 spiro atoms. The van der Waals surface area contributed by atoms with E-state index in [-0.39, 0.29) is 29.3 Å². The summed E-state index contributed by atoms with van der Waals surface area (Å²) in [6.45, 7) is 12.2. The smallest absolute Gasteiger partial charge is 0.333 e. The van der Waals surface area contributed by atoms with E-state index in [1.165, 1.54) is 12.7 Å². The van der Waals surface area contributed by atoms with Crippen LogP contribution < -0.4 is 0 Å². The molecule has 0 aromatic rings. The van der Waals surface area contributed by atoms with Crippen molar-refractivity contribution in [2.75, 3.05) is 27.4 Å². The highest BCUT2D eigenvalue weighted by molar-refractivity contribution is 5.87. The van der Waals surface area contributed by atoms with Gasteiger partial charge >= 0.3 is 5.97 Å². The molecule has 21 heteroatoms. The fourth-order valence-corrected chi connectivity index (χ4v) is 14.1. The number of ether oxygens (including phenoxy) is 11. The lowest BCUT2D eigenvalue weighted by molar-refractivity contribution is -0.343. The van der Waals surface area contributed by atoms with Gasteiger partial charge in [0.1, 0.15) is 67.1 Å². The van der Waals surface area contributed by atoms with Gasteiger partial charge in [-0.05, 0) is 109 Å². The summed E-state index contributed by atoms with van der Waals surface area (Å²) < 4.78 is 66.4. The van der Waals surface area contributed by atoms with Gasteiger partial charge in [0.25, 0.3) is 0 Å². The van der Waals surface area contributed by atoms with E-state index in [1.54, 1.807) is 34.0 Å². The number of methoxy groups -OCH3 is 2. The van der Waals surface area contributed by atoms with E-state index in [2.05, 4.69) is 19.9 Å². The molecule has 9 N–H and O–H groups in total. The molecule has 0 aromatic heterocycles. The Balaban J connectivity index is 0.860. The summed E-state index contributed by atoms with van der Waals surface area (Å²) in [6, 6.07) is 0. The molecule has 27 unspecified atom stereocenters. The zero-order valence-electron chi connectivity index (χ0n) is 43.7. The van der Waals surface area contributed by atoms with E-state index in [0.717, 1.165) is 32.1 Å². The summed E-state index contributed by atoms with van der Waals surface area (Å²) in [7, 11) is 3.04. The van der Waals surface area contributed by atoms with Gasteiger partial charge in [0.15, 0.2) is 31.3 Å². The minimum atomic E-state index is -1.69. The Morgan fingerprint density at radius 1 is 0.767 bits per heavy atom. The van der Waals surface area contributed by atoms with Gasteiger partial charge < -0.3 is 98.1 Å². The van der Waals surface area contributed by atoms with Crippen molar-refractivity contribution in [2.45, 2.75) is 241 Å². The number of aliphatic hydroxyl groups is 9. The molecule has 27 atom stereocenters. The number of carbonyl (C=O) groups is 1. The maximum absolute atomic E-state index is 13.0. The van der Waals surface area contributed by atoms with Crippen LogP contribution in [0.2, 0.25) is 0 Å². The van der Waals surface area contributed by atoms with Gasteiger partial charge in [0.05, 0.1) is 49.3 Å². The van der Waals surface area contributed by atoms with Gasteiger partial charge in [-0.1, -0.05) is 31.6 Å². The molecule has 0 aromatic carbocycles. The minimum absolute atomic E-state index is 0.00819. The van der Waals surface area contributed by atoms with Gasteiger partial charge in [-0.2, -0.15) is 0 Å². The van der Waals surface area contributed by atoms with Crippen molar-refractivity contribution >= 4 is 5.97 Å². The van der Waals surface area contributed by atoms with Crippen molar-refractivity contribution in [3.05, 3.63) is 23.3 Å². The van der Waals surface area contributed by atoms with Crippen molar-refractivity contribution in [3.8, 4) is 0 Å². The standard InChI is InChI=1S/C52H84O21/c1-10-23(2)46(61)72-44-26(5)68-49(42(60)45(44)64-9)73-43-25(4)66-35(20-32(43)63-8)69-28-13-16-50(6)27(19-28)11-12-31-30(50)14-17-51(7)29(15-18-52(31,51)62)24(3)67-48-41(59)39(57)37(55)34(71-48)22-65-47-40(58)38(56)36(54)33(21-53)70-47/h10-11,24-26,28-45,47-49,53-60,62H,12-22H2,1-9H3/b23-10+. The third kappa shape index (κ3) is 10.6. The van der Waals surface area contributed by atoms with Gasteiger partial charge in [-0.3, -0.25) is 0 Å². The number of aliphatic hydroxyl groups excluding tert-OH is 8. The second kappa shape index (κ2) is 22.9. The molecule has 4 heterocycles. The molecular formula is C52H84O21. The number of allylic oxidation sites excluding steroid dienone is 2. The summed E-state index contributed by atoms with van der Waals surface area (Å²) in [5, 5.41) is 97.5. The lowest BCUT2D eigenvalue weighted by Crippen LogP contribution is -2.63. The lowest BCUT2D eigenvalue weighted by atomic mass is 9.45. The van der Waals surface area contributed by atoms with E-state index in [0.29, 0.717) is 31.3 Å². The number of carbonyl (C=O) groups excluding carboxylic acids is 1. The van der Waals surface area contributed by atoms with Crippen LogP contribution in [0.15, 0.2) is 23.3 Å². The topological polar surface area (TPSA) is 301 Å². The highest BCUT2D eigenvalue weighted by atomic mass is 16.8. The van der Waals surface area contributed by atoms with Crippen LogP contribution in [-0.2, 0) is 56.9 Å². The number of hydrogen-bond acceptors (Lipinski definition) is 21. The fourth-order valence-electron chi connectivity index (χ4n) is 14.1. The summed E-state index contributed by atoms with van der Waals surface area (Å²) in [4.78, 5) is 12.6. The molecular weight excluding hydrogens is 961 g/mol. The first-order chi connectivity index (χ1) is 34.5. The van der Waals surface area contributed by atoms with Crippen molar-refractivity contribution in [1.29, 1.82) is 0 Å². The van der Waals surface area contributed by atoms with Crippen molar-refractivity contribution in [3.63, 3.8) is 0 Å². The number of rotatable bonds is 15. The number of esters is 1. The molecule has 21 nitrogen and oxygen atoms in total. The lowest BCUT2D eigenvalue weighted by Gasteiger charge is -2.61. The second-order valence-electron chi connectivity index (χ2n) is 22.6. The van der Waals surface area contributed by atoms with E-state index in [9.17, 15) is 50.8 Å². The van der Waals surface area contributed by atoms with Crippen LogP contribution >= 0.6 is 0 Å². The molecule has 0 radical (unpaired) electrons. The summed E-state index contributed by atoms with van der Waals surface area (Å²) >= 11 is 0. The Morgan fingerprint density at radius 3 is 2.11 bits per heavy atom. The minimum Gasteiger partial charge on any atom is -0.453 e. The zero-order valence-corrected chi connectivity index (χ0v) is 43.7. The second-order valence-corrected chi connectivity index (χ2v) is 22.6. The van der Waals surface area contributed by atoms with Crippen LogP contribution in [0.3, 0.4) is 0 Å². The normalized spacial score (nSPS) is 50.8. The van der Waals surface area contributed by atoms with Gasteiger partial charge in [0.2, 0.25) is 0 Å². The third-order valence-electron chi connectivity index (χ3n) is 18.8. The number of fused-ring (bicyclic) bond motifs is 5. The molecule has 0 bridgehead atoms. The third-order valence-corrected chi connectivity index (χ3v) is 18.8. The van der Waals surface area contributed by atoms with Crippen LogP contribution in [0.1, 0.15) is 106 Å². The van der Waals surface area contributed by atoms with E-state index < -0.39 is 153 Å². The van der Waals surface area contributed by atoms with E-state index in [1.807, 2.05) is 13.8 Å². The summed E-state index contributed by atoms with van der Waals surface area (Å²) in [5.41, 5.74) is 0.0385. The molecule has 8 aliphatic rings. The van der Waals surface area contributed by atoms with Crippen molar-refractivity contribution < 1.29 is 103 Å². The highest BCUT2D eigenvalue weighted by Crippen LogP contribution is 2.68. The summed E-state index contributed by atoms with van der Waals surface area (Å²) in [6.07, 6.45) is -12.6. The Labute approximate surface area is 427 Å². The first-order valence-corrected chi connectivity index (χ1v) is 26.4. The molecule has 8 rings (SSSR count). The molecule has 4 aliphatic heterocycles. The predicted molar refractivity (Wildman–Crippen MR) is 254 cm³/mol. The maximum Gasteiger partial charge on any atom is 0.333 e. The zero-order chi connectivity index (χ0) is 53.1. The molecule has 73 heavy (non-hydrogen) atoms. The van der Waals surface area contributed by atoms with Crippen LogP contribution in [0.4, 0.5) is 0 Å².